The van der Waals surface area contributed by atoms with Gasteiger partial charge in [0.15, 0.2) is 5.82 Å². The summed E-state index contributed by atoms with van der Waals surface area (Å²) in [5, 5.41) is 12.1. The lowest BCUT2D eigenvalue weighted by molar-refractivity contribution is 0.194. The van der Waals surface area contributed by atoms with E-state index in [1.807, 2.05) is 28.9 Å². The van der Waals surface area contributed by atoms with E-state index in [4.69, 9.17) is 15.6 Å². The first kappa shape index (κ1) is 20.1. The van der Waals surface area contributed by atoms with E-state index < -0.39 is 0 Å². The van der Waals surface area contributed by atoms with E-state index in [2.05, 4.69) is 24.0 Å². The van der Waals surface area contributed by atoms with Crippen LogP contribution in [0.5, 0.6) is 5.75 Å². The third kappa shape index (κ3) is 3.70. The number of anilines is 1. The Labute approximate surface area is 182 Å². The van der Waals surface area contributed by atoms with E-state index in [-0.39, 0.29) is 11.6 Å². The smallest absolute Gasteiger partial charge is 0.290 e. The molecule has 2 aliphatic rings. The molecular formula is C24H31N5O2. The number of aromatic nitrogens is 4. The first-order valence-corrected chi connectivity index (χ1v) is 11.6. The number of fused-ring (bicyclic) bond motifs is 2. The van der Waals surface area contributed by atoms with Crippen LogP contribution >= 0.6 is 0 Å². The fourth-order valence-electron chi connectivity index (χ4n) is 5.16. The van der Waals surface area contributed by atoms with Crippen molar-refractivity contribution in [2.45, 2.75) is 70.9 Å². The van der Waals surface area contributed by atoms with Gasteiger partial charge in [-0.2, -0.15) is 10.2 Å². The summed E-state index contributed by atoms with van der Waals surface area (Å²) < 4.78 is 8.05. The predicted molar refractivity (Wildman–Crippen MR) is 122 cm³/mol. The van der Waals surface area contributed by atoms with Crippen LogP contribution in [0.3, 0.4) is 0 Å². The van der Waals surface area contributed by atoms with Gasteiger partial charge in [-0.15, -0.1) is 0 Å². The van der Waals surface area contributed by atoms with Crippen LogP contribution < -0.4 is 16.0 Å². The number of nitrogens with zero attached hydrogens (tertiary/aromatic N) is 3. The monoisotopic (exact) mass is 421 g/mol. The Hall–Kier alpha value is -2.83. The second-order valence-corrected chi connectivity index (χ2v) is 9.15. The summed E-state index contributed by atoms with van der Waals surface area (Å²) in [6.45, 7) is 4.30. The van der Waals surface area contributed by atoms with Crippen molar-refractivity contribution in [2.24, 2.45) is 11.8 Å². The van der Waals surface area contributed by atoms with Crippen molar-refractivity contribution in [1.82, 2.24) is 20.0 Å². The average Bonchev–Trinajstić information content (AvgIpc) is 3.19. The molecule has 0 bridgehead atoms. The predicted octanol–water partition coefficient (Wildman–Crippen LogP) is 4.69. The van der Waals surface area contributed by atoms with Crippen LogP contribution in [0.2, 0.25) is 0 Å². The van der Waals surface area contributed by atoms with Crippen molar-refractivity contribution in [3.63, 3.8) is 0 Å². The molecule has 2 aliphatic carbocycles. The molecular weight excluding hydrogens is 390 g/mol. The van der Waals surface area contributed by atoms with Crippen molar-refractivity contribution in [3.8, 4) is 17.0 Å². The number of rotatable bonds is 8. The van der Waals surface area contributed by atoms with E-state index in [0.717, 1.165) is 48.8 Å². The van der Waals surface area contributed by atoms with Gasteiger partial charge in [0.1, 0.15) is 17.0 Å². The van der Waals surface area contributed by atoms with Gasteiger partial charge in [-0.1, -0.05) is 26.7 Å². The summed E-state index contributed by atoms with van der Waals surface area (Å²) in [5.74, 6) is 2.98. The van der Waals surface area contributed by atoms with Crippen LogP contribution in [-0.4, -0.2) is 26.1 Å². The molecule has 5 rings (SSSR count). The molecule has 0 saturated heterocycles. The summed E-state index contributed by atoms with van der Waals surface area (Å²) in [5.41, 5.74) is 8.09. The fourth-order valence-corrected chi connectivity index (χ4v) is 5.16. The lowest BCUT2D eigenvalue weighted by Crippen LogP contribution is -2.18. The number of nitrogens with two attached hydrogens (primary N) is 1. The molecule has 31 heavy (non-hydrogen) atoms. The molecule has 0 amide bonds. The highest BCUT2D eigenvalue weighted by Crippen LogP contribution is 2.52. The molecule has 7 heteroatoms. The lowest BCUT2D eigenvalue weighted by atomic mass is 10.1. The number of ether oxygens (including phenoxy) is 1. The minimum atomic E-state index is -0.252. The highest BCUT2D eigenvalue weighted by Gasteiger charge is 2.46. The summed E-state index contributed by atoms with van der Waals surface area (Å²) in [6.07, 6.45) is 8.16. The standard InChI is InChI=1S/C24H31N5O2/c1-3-5-6-17(4-2)29-22-20(23(25)26-27-24(22)30)21(28-29)14-7-9-18(10-8-14)31-19-12-15-11-16(15)13-19/h7-10,15-17,19H,3-6,11-13H2,1-2H3,(H2,25,26)(H,27,30). The van der Waals surface area contributed by atoms with Crippen molar-refractivity contribution in [2.75, 3.05) is 5.73 Å². The first-order chi connectivity index (χ1) is 15.1. The molecule has 2 aromatic heterocycles. The summed E-state index contributed by atoms with van der Waals surface area (Å²) >= 11 is 0. The van der Waals surface area contributed by atoms with Crippen molar-refractivity contribution < 1.29 is 4.74 Å². The quantitative estimate of drug-likeness (QED) is 0.550. The van der Waals surface area contributed by atoms with Crippen LogP contribution in [-0.2, 0) is 0 Å². The SMILES string of the molecule is CCCCC(CC)n1nc(-c2ccc(OC3CC4CC4C3)cc2)c2c(N)n[nH]c(=O)c21. The molecule has 7 nitrogen and oxygen atoms in total. The van der Waals surface area contributed by atoms with Crippen molar-refractivity contribution in [3.05, 3.63) is 34.6 Å². The van der Waals surface area contributed by atoms with Gasteiger partial charge in [-0.3, -0.25) is 9.48 Å². The van der Waals surface area contributed by atoms with E-state index in [0.29, 0.717) is 28.5 Å². The maximum absolute atomic E-state index is 12.7. The lowest BCUT2D eigenvalue weighted by Gasteiger charge is -2.16. The second kappa shape index (κ2) is 8.02. The zero-order chi connectivity index (χ0) is 21.5. The Morgan fingerprint density at radius 3 is 2.61 bits per heavy atom. The van der Waals surface area contributed by atoms with Gasteiger partial charge < -0.3 is 10.5 Å². The molecule has 3 atom stereocenters. The summed E-state index contributed by atoms with van der Waals surface area (Å²) in [7, 11) is 0. The molecule has 2 heterocycles. The Bertz CT molecular complexity index is 1120. The fraction of sp³-hybridized carbons (Fsp3) is 0.542. The number of H-pyrrole nitrogens is 1. The maximum atomic E-state index is 12.7. The van der Waals surface area contributed by atoms with E-state index >= 15 is 0 Å². The largest absolute Gasteiger partial charge is 0.490 e. The third-order valence-corrected chi connectivity index (χ3v) is 7.00. The molecule has 3 N–H and O–H groups in total. The van der Waals surface area contributed by atoms with Gasteiger partial charge >= 0.3 is 0 Å². The van der Waals surface area contributed by atoms with E-state index in [9.17, 15) is 4.79 Å². The number of unbranched alkanes of at least 4 members (excludes halogenated alkanes) is 1. The summed E-state index contributed by atoms with van der Waals surface area (Å²) in [6, 6.07) is 8.15. The second-order valence-electron chi connectivity index (χ2n) is 9.15. The van der Waals surface area contributed by atoms with Gasteiger partial charge in [0.25, 0.3) is 5.56 Å². The molecule has 0 spiro atoms. The number of benzene rings is 1. The van der Waals surface area contributed by atoms with Crippen LogP contribution in [0, 0.1) is 11.8 Å². The molecule has 0 aliphatic heterocycles. The van der Waals surface area contributed by atoms with Gasteiger partial charge in [-0.25, -0.2) is 5.10 Å². The molecule has 164 valence electrons. The zero-order valence-electron chi connectivity index (χ0n) is 18.3. The van der Waals surface area contributed by atoms with Crippen molar-refractivity contribution in [1.29, 1.82) is 0 Å². The Morgan fingerprint density at radius 2 is 1.94 bits per heavy atom. The number of hydrogen-bond acceptors (Lipinski definition) is 5. The highest BCUT2D eigenvalue weighted by atomic mass is 16.5. The number of nitrogen functional groups attached to an aromatic ring is 1. The van der Waals surface area contributed by atoms with Gasteiger partial charge in [-0.05, 0) is 68.2 Å². The molecule has 3 aromatic rings. The average molecular weight is 422 g/mol. The summed E-state index contributed by atoms with van der Waals surface area (Å²) in [4.78, 5) is 12.7. The highest BCUT2D eigenvalue weighted by molar-refractivity contribution is 5.99. The van der Waals surface area contributed by atoms with E-state index in [1.54, 1.807) is 0 Å². The van der Waals surface area contributed by atoms with E-state index in [1.165, 1.54) is 19.3 Å². The van der Waals surface area contributed by atoms with Gasteiger partial charge in [0, 0.05) is 5.56 Å². The minimum Gasteiger partial charge on any atom is -0.490 e. The van der Waals surface area contributed by atoms with Crippen LogP contribution in [0.4, 0.5) is 5.82 Å². The Kier molecular flexibility index (Phi) is 5.20. The molecule has 0 radical (unpaired) electrons. The number of aromatic amines is 1. The number of nitrogens with one attached hydrogen (secondary N) is 1. The maximum Gasteiger partial charge on any atom is 0.290 e. The third-order valence-electron chi connectivity index (χ3n) is 7.00. The minimum absolute atomic E-state index is 0.149. The Balaban J connectivity index is 1.50. The van der Waals surface area contributed by atoms with Crippen LogP contribution in [0.15, 0.2) is 29.1 Å². The molecule has 1 aromatic carbocycles. The van der Waals surface area contributed by atoms with Gasteiger partial charge in [0.05, 0.1) is 17.5 Å². The molecule has 2 fully saturated rings. The first-order valence-electron chi connectivity index (χ1n) is 11.6. The number of hydrogen-bond donors (Lipinski definition) is 2. The van der Waals surface area contributed by atoms with Crippen LogP contribution in [0.25, 0.3) is 22.2 Å². The van der Waals surface area contributed by atoms with Gasteiger partial charge in [0.2, 0.25) is 0 Å². The zero-order valence-corrected chi connectivity index (χ0v) is 18.3. The molecule has 3 unspecified atom stereocenters. The van der Waals surface area contributed by atoms with Crippen molar-refractivity contribution >= 4 is 16.7 Å². The normalized spacial score (nSPS) is 23.1. The van der Waals surface area contributed by atoms with Crippen LogP contribution in [0.1, 0.15) is 64.8 Å². The molecule has 2 saturated carbocycles. The Morgan fingerprint density at radius 1 is 1.19 bits per heavy atom. The topological polar surface area (TPSA) is 98.8 Å².